The van der Waals surface area contributed by atoms with Gasteiger partial charge in [-0.15, -0.1) is 0 Å². The van der Waals surface area contributed by atoms with Gasteiger partial charge in [0.1, 0.15) is 0 Å². The Labute approximate surface area is 121 Å². The van der Waals surface area contributed by atoms with Crippen molar-refractivity contribution in [1.29, 1.82) is 0 Å². The van der Waals surface area contributed by atoms with Crippen LogP contribution < -0.4 is 5.73 Å². The molecule has 0 fully saturated rings. The normalized spacial score (nSPS) is 11.8. The SMILES string of the molecule is CN(Cc1cccc(N)c1)S(=O)(=O)c1ccc(F)c(F)c1. The van der Waals surface area contributed by atoms with Crippen LogP contribution in [0.25, 0.3) is 0 Å². The fourth-order valence-electron chi connectivity index (χ4n) is 1.85. The van der Waals surface area contributed by atoms with E-state index in [0.717, 1.165) is 16.4 Å². The summed E-state index contributed by atoms with van der Waals surface area (Å²) in [6, 6.07) is 9.27. The van der Waals surface area contributed by atoms with Crippen LogP contribution in [0.15, 0.2) is 47.4 Å². The zero-order valence-electron chi connectivity index (χ0n) is 11.3. The average molecular weight is 312 g/mol. The molecule has 0 aliphatic carbocycles. The summed E-state index contributed by atoms with van der Waals surface area (Å²) in [5.41, 5.74) is 6.85. The summed E-state index contributed by atoms with van der Waals surface area (Å²) in [6.45, 7) is 0.0758. The first-order valence-corrected chi connectivity index (χ1v) is 7.50. The van der Waals surface area contributed by atoms with E-state index in [4.69, 9.17) is 5.73 Å². The number of nitrogen functional groups attached to an aromatic ring is 1. The highest BCUT2D eigenvalue weighted by molar-refractivity contribution is 7.89. The highest BCUT2D eigenvalue weighted by Gasteiger charge is 2.22. The lowest BCUT2D eigenvalue weighted by Gasteiger charge is -2.17. The lowest BCUT2D eigenvalue weighted by atomic mass is 10.2. The van der Waals surface area contributed by atoms with Crippen LogP contribution in [0.4, 0.5) is 14.5 Å². The minimum absolute atomic E-state index is 0.0758. The molecule has 0 aliphatic rings. The molecule has 0 spiro atoms. The van der Waals surface area contributed by atoms with Gasteiger partial charge in [-0.05, 0) is 35.9 Å². The zero-order valence-corrected chi connectivity index (χ0v) is 12.1. The molecule has 0 atom stereocenters. The summed E-state index contributed by atoms with van der Waals surface area (Å²) < 4.78 is 51.7. The molecule has 112 valence electrons. The summed E-state index contributed by atoms with van der Waals surface area (Å²) in [4.78, 5) is -0.298. The summed E-state index contributed by atoms with van der Waals surface area (Å²) in [5.74, 6) is -2.29. The van der Waals surface area contributed by atoms with E-state index in [0.29, 0.717) is 17.3 Å². The largest absolute Gasteiger partial charge is 0.399 e. The van der Waals surface area contributed by atoms with E-state index in [1.54, 1.807) is 24.3 Å². The van der Waals surface area contributed by atoms with E-state index in [1.165, 1.54) is 7.05 Å². The van der Waals surface area contributed by atoms with E-state index >= 15 is 0 Å². The first kappa shape index (κ1) is 15.4. The van der Waals surface area contributed by atoms with Crippen molar-refractivity contribution in [3.63, 3.8) is 0 Å². The fourth-order valence-corrected chi connectivity index (χ4v) is 3.02. The summed E-state index contributed by atoms with van der Waals surface area (Å²) in [6.07, 6.45) is 0. The molecule has 2 N–H and O–H groups in total. The second-order valence-electron chi connectivity index (χ2n) is 4.58. The van der Waals surface area contributed by atoms with Gasteiger partial charge in [0, 0.05) is 19.3 Å². The maximum Gasteiger partial charge on any atom is 0.243 e. The maximum atomic E-state index is 13.2. The van der Waals surface area contributed by atoms with Gasteiger partial charge < -0.3 is 5.73 Å². The van der Waals surface area contributed by atoms with Crippen LogP contribution in [-0.2, 0) is 16.6 Å². The van der Waals surface area contributed by atoms with Gasteiger partial charge in [-0.25, -0.2) is 17.2 Å². The second kappa shape index (κ2) is 5.79. The van der Waals surface area contributed by atoms with Gasteiger partial charge in [-0.2, -0.15) is 4.31 Å². The third-order valence-electron chi connectivity index (χ3n) is 2.96. The molecular weight excluding hydrogens is 298 g/mol. The standard InChI is InChI=1S/C14H14F2N2O2S/c1-18(9-10-3-2-4-11(17)7-10)21(19,20)12-5-6-13(15)14(16)8-12/h2-8H,9,17H2,1H3. The van der Waals surface area contributed by atoms with Crippen LogP contribution in [0.5, 0.6) is 0 Å². The number of anilines is 1. The van der Waals surface area contributed by atoms with Crippen molar-refractivity contribution in [1.82, 2.24) is 4.31 Å². The van der Waals surface area contributed by atoms with Crippen molar-refractivity contribution in [3.8, 4) is 0 Å². The van der Waals surface area contributed by atoms with Gasteiger partial charge in [0.05, 0.1) is 4.90 Å². The Morgan fingerprint density at radius 2 is 1.81 bits per heavy atom. The van der Waals surface area contributed by atoms with Crippen molar-refractivity contribution in [3.05, 3.63) is 59.7 Å². The number of sulfonamides is 1. The summed E-state index contributed by atoms with van der Waals surface area (Å²) in [5, 5.41) is 0. The van der Waals surface area contributed by atoms with Crippen molar-refractivity contribution in [2.45, 2.75) is 11.4 Å². The number of hydrogen-bond donors (Lipinski definition) is 1. The highest BCUT2D eigenvalue weighted by Crippen LogP contribution is 2.19. The van der Waals surface area contributed by atoms with Gasteiger partial charge in [0.15, 0.2) is 11.6 Å². The number of benzene rings is 2. The van der Waals surface area contributed by atoms with Gasteiger partial charge in [-0.3, -0.25) is 0 Å². The number of rotatable bonds is 4. The molecule has 0 aliphatic heterocycles. The van der Waals surface area contributed by atoms with E-state index in [1.807, 2.05) is 0 Å². The van der Waals surface area contributed by atoms with Gasteiger partial charge in [-0.1, -0.05) is 12.1 Å². The Morgan fingerprint density at radius 1 is 1.10 bits per heavy atom. The quantitative estimate of drug-likeness (QED) is 0.882. The highest BCUT2D eigenvalue weighted by atomic mass is 32.2. The molecule has 2 aromatic carbocycles. The monoisotopic (exact) mass is 312 g/mol. The summed E-state index contributed by atoms with van der Waals surface area (Å²) >= 11 is 0. The predicted octanol–water partition coefficient (Wildman–Crippen LogP) is 2.37. The van der Waals surface area contributed by atoms with E-state index < -0.39 is 21.7 Å². The molecular formula is C14H14F2N2O2S. The second-order valence-corrected chi connectivity index (χ2v) is 6.63. The molecule has 4 nitrogen and oxygen atoms in total. The summed E-state index contributed by atoms with van der Waals surface area (Å²) in [7, 11) is -2.54. The van der Waals surface area contributed by atoms with E-state index in [-0.39, 0.29) is 11.4 Å². The minimum Gasteiger partial charge on any atom is -0.399 e. The molecule has 0 unspecified atom stereocenters. The van der Waals surface area contributed by atoms with Gasteiger partial charge >= 0.3 is 0 Å². The Balaban J connectivity index is 2.28. The molecule has 21 heavy (non-hydrogen) atoms. The van der Waals surface area contributed by atoms with Crippen molar-refractivity contribution in [2.75, 3.05) is 12.8 Å². The molecule has 0 saturated heterocycles. The fraction of sp³-hybridized carbons (Fsp3) is 0.143. The lowest BCUT2D eigenvalue weighted by molar-refractivity contribution is 0.463. The molecule has 0 aromatic heterocycles. The topological polar surface area (TPSA) is 63.4 Å². The Morgan fingerprint density at radius 3 is 2.43 bits per heavy atom. The number of nitrogens with zero attached hydrogens (tertiary/aromatic N) is 1. The van der Waals surface area contributed by atoms with Crippen LogP contribution in [0.1, 0.15) is 5.56 Å². The Hall–Kier alpha value is -1.99. The number of hydrogen-bond acceptors (Lipinski definition) is 3. The van der Waals surface area contributed by atoms with Crippen molar-refractivity contribution < 1.29 is 17.2 Å². The number of halogens is 2. The van der Waals surface area contributed by atoms with Crippen molar-refractivity contribution >= 4 is 15.7 Å². The molecule has 7 heteroatoms. The third kappa shape index (κ3) is 3.37. The first-order chi connectivity index (χ1) is 9.80. The predicted molar refractivity (Wildman–Crippen MR) is 75.9 cm³/mol. The van der Waals surface area contributed by atoms with E-state index in [2.05, 4.69) is 0 Å². The zero-order chi connectivity index (χ0) is 15.6. The molecule has 0 radical (unpaired) electrons. The molecule has 2 aromatic rings. The average Bonchev–Trinajstić information content (AvgIpc) is 2.41. The van der Waals surface area contributed by atoms with Gasteiger partial charge in [0.25, 0.3) is 0 Å². The smallest absolute Gasteiger partial charge is 0.243 e. The van der Waals surface area contributed by atoms with E-state index in [9.17, 15) is 17.2 Å². The van der Waals surface area contributed by atoms with Crippen LogP contribution in [0.2, 0.25) is 0 Å². The molecule has 2 rings (SSSR count). The maximum absolute atomic E-state index is 13.2. The number of nitrogens with two attached hydrogens (primary N) is 1. The molecule has 0 heterocycles. The molecule has 0 amide bonds. The van der Waals surface area contributed by atoms with Crippen LogP contribution in [0, 0.1) is 11.6 Å². The molecule has 0 saturated carbocycles. The third-order valence-corrected chi connectivity index (χ3v) is 4.75. The lowest BCUT2D eigenvalue weighted by Crippen LogP contribution is -2.26. The van der Waals surface area contributed by atoms with Crippen LogP contribution in [-0.4, -0.2) is 19.8 Å². The van der Waals surface area contributed by atoms with Crippen molar-refractivity contribution in [2.24, 2.45) is 0 Å². The van der Waals surface area contributed by atoms with Crippen LogP contribution in [0.3, 0.4) is 0 Å². The van der Waals surface area contributed by atoms with Crippen LogP contribution >= 0.6 is 0 Å². The molecule has 0 bridgehead atoms. The Kier molecular flexibility index (Phi) is 4.24. The Bertz CT molecular complexity index is 763. The van der Waals surface area contributed by atoms with Gasteiger partial charge in [0.2, 0.25) is 10.0 Å². The first-order valence-electron chi connectivity index (χ1n) is 6.06. The minimum atomic E-state index is -3.90.